The van der Waals surface area contributed by atoms with Crippen molar-refractivity contribution in [1.82, 2.24) is 0 Å². The summed E-state index contributed by atoms with van der Waals surface area (Å²) in [5, 5.41) is 8.85. The number of carbonyl (C=O) groups excluding carboxylic acids is 2. The molecule has 0 aromatic carbocycles. The molecule has 0 radical (unpaired) electrons. The van der Waals surface area contributed by atoms with E-state index in [4.69, 9.17) is 24.8 Å². The van der Waals surface area contributed by atoms with Crippen molar-refractivity contribution in [1.29, 1.82) is 0 Å². The summed E-state index contributed by atoms with van der Waals surface area (Å²) in [6, 6.07) is -1.51. The quantitative estimate of drug-likeness (QED) is 0.0317. The van der Waals surface area contributed by atoms with Gasteiger partial charge >= 0.3 is 25.7 Å². The number of unbranched alkanes of at least 4 members (excludes halogenated alkanes) is 23. The Morgan fingerprint density at radius 1 is 0.551 bits per heavy atom. The number of carbonyl (C=O) groups is 3. The van der Waals surface area contributed by atoms with Gasteiger partial charge in [-0.2, -0.15) is 0 Å². The van der Waals surface area contributed by atoms with Gasteiger partial charge in [0.1, 0.15) is 12.6 Å². The van der Waals surface area contributed by atoms with Crippen molar-refractivity contribution in [3.63, 3.8) is 0 Å². The van der Waals surface area contributed by atoms with Crippen LogP contribution < -0.4 is 5.73 Å². The topological polar surface area (TPSA) is 172 Å². The summed E-state index contributed by atoms with van der Waals surface area (Å²) < 4.78 is 32.6. The van der Waals surface area contributed by atoms with Gasteiger partial charge in [-0.3, -0.25) is 23.4 Å². The molecule has 0 aromatic rings. The van der Waals surface area contributed by atoms with Gasteiger partial charge in [0, 0.05) is 12.8 Å². The lowest BCUT2D eigenvalue weighted by molar-refractivity contribution is -0.161. The average molecular weight is 722 g/mol. The van der Waals surface area contributed by atoms with E-state index in [1.807, 2.05) is 0 Å². The summed E-state index contributed by atoms with van der Waals surface area (Å²) in [5.41, 5.74) is 5.31. The predicted molar refractivity (Wildman–Crippen MR) is 194 cm³/mol. The Kier molecular flexibility index (Phi) is 32.6. The summed E-state index contributed by atoms with van der Waals surface area (Å²) in [6.45, 7) is 2.79. The molecule has 0 heterocycles. The molecule has 0 rings (SSSR count). The highest BCUT2D eigenvalue weighted by atomic mass is 31.2. The number of phosphoric acid groups is 1. The Hall–Kier alpha value is -1.52. The fraction of sp³-hybridized carbons (Fsp3) is 0.919. The highest BCUT2D eigenvalue weighted by molar-refractivity contribution is 7.47. The molecule has 0 saturated heterocycles. The van der Waals surface area contributed by atoms with Crippen LogP contribution in [0.3, 0.4) is 0 Å². The van der Waals surface area contributed by atoms with Gasteiger partial charge in [0.2, 0.25) is 0 Å². The summed E-state index contributed by atoms with van der Waals surface area (Å²) in [4.78, 5) is 45.7. The molecule has 0 aliphatic rings. The zero-order chi connectivity index (χ0) is 36.4. The minimum atomic E-state index is -4.70. The fourth-order valence-corrected chi connectivity index (χ4v) is 6.26. The van der Waals surface area contributed by atoms with E-state index in [0.29, 0.717) is 12.8 Å². The van der Waals surface area contributed by atoms with Gasteiger partial charge in [0.15, 0.2) is 6.10 Å². The lowest BCUT2D eigenvalue weighted by Crippen LogP contribution is -2.34. The molecular formula is C37H72NO10P. The second-order valence-electron chi connectivity index (χ2n) is 13.4. The van der Waals surface area contributed by atoms with Gasteiger partial charge in [0.25, 0.3) is 0 Å². The van der Waals surface area contributed by atoms with Crippen LogP contribution in [0.1, 0.15) is 187 Å². The van der Waals surface area contributed by atoms with Gasteiger partial charge in [0.05, 0.1) is 13.2 Å². The average Bonchev–Trinajstić information content (AvgIpc) is 3.07. The van der Waals surface area contributed by atoms with E-state index in [0.717, 1.165) is 38.5 Å². The molecule has 0 saturated carbocycles. The first kappa shape index (κ1) is 47.5. The monoisotopic (exact) mass is 721 g/mol. The van der Waals surface area contributed by atoms with Crippen molar-refractivity contribution < 1.29 is 47.5 Å². The Balaban J connectivity index is 4.40. The second-order valence-corrected chi connectivity index (χ2v) is 14.9. The SMILES string of the molecule is CCCCCCCCCCCCCCCCC(=O)O[C@H](COC(=O)CCCCCCCCCCCCC)COP(=O)(O)OC[C@H](N)C(=O)O. The molecule has 0 aliphatic heterocycles. The van der Waals surface area contributed by atoms with Gasteiger partial charge in [-0.15, -0.1) is 0 Å². The third-order valence-electron chi connectivity index (χ3n) is 8.61. The lowest BCUT2D eigenvalue weighted by Gasteiger charge is -2.20. The zero-order valence-electron chi connectivity index (χ0n) is 31.1. The Labute approximate surface area is 297 Å². The minimum absolute atomic E-state index is 0.169. The number of carboxylic acids is 1. The van der Waals surface area contributed by atoms with Crippen molar-refractivity contribution in [3.05, 3.63) is 0 Å². The van der Waals surface area contributed by atoms with Gasteiger partial charge in [-0.05, 0) is 12.8 Å². The van der Waals surface area contributed by atoms with Crippen LogP contribution in [0.15, 0.2) is 0 Å². The molecule has 3 atom stereocenters. The smallest absolute Gasteiger partial charge is 0.472 e. The molecule has 4 N–H and O–H groups in total. The van der Waals surface area contributed by atoms with E-state index in [1.54, 1.807) is 0 Å². The zero-order valence-corrected chi connectivity index (χ0v) is 31.9. The lowest BCUT2D eigenvalue weighted by atomic mass is 10.0. The number of aliphatic carboxylic acids is 1. The van der Waals surface area contributed by atoms with Gasteiger partial charge in [-0.25, -0.2) is 4.57 Å². The molecule has 11 nitrogen and oxygen atoms in total. The number of phosphoric ester groups is 1. The van der Waals surface area contributed by atoms with Crippen molar-refractivity contribution in [2.45, 2.75) is 199 Å². The first-order chi connectivity index (χ1) is 23.6. The summed E-state index contributed by atoms with van der Waals surface area (Å²) >= 11 is 0. The van der Waals surface area contributed by atoms with Crippen LogP contribution in [0.2, 0.25) is 0 Å². The van der Waals surface area contributed by atoms with Crippen LogP contribution in [0.5, 0.6) is 0 Å². The van der Waals surface area contributed by atoms with Crippen LogP contribution in [0, 0.1) is 0 Å². The molecule has 0 amide bonds. The number of nitrogens with two attached hydrogens (primary N) is 1. The molecular weight excluding hydrogens is 649 g/mol. The summed E-state index contributed by atoms with van der Waals surface area (Å²) in [7, 11) is -4.70. The van der Waals surface area contributed by atoms with Crippen LogP contribution in [0.4, 0.5) is 0 Å². The van der Waals surface area contributed by atoms with Crippen molar-refractivity contribution in [2.75, 3.05) is 19.8 Å². The van der Waals surface area contributed by atoms with E-state index >= 15 is 0 Å². The Morgan fingerprint density at radius 3 is 1.29 bits per heavy atom. The number of carboxylic acid groups (broad SMARTS) is 1. The van der Waals surface area contributed by atoms with Crippen molar-refractivity contribution >= 4 is 25.7 Å². The van der Waals surface area contributed by atoms with Crippen LogP contribution >= 0.6 is 7.82 Å². The molecule has 0 aliphatic carbocycles. The molecule has 49 heavy (non-hydrogen) atoms. The largest absolute Gasteiger partial charge is 0.480 e. The number of rotatable bonds is 37. The number of ether oxygens (including phenoxy) is 2. The van der Waals surface area contributed by atoms with Crippen molar-refractivity contribution in [3.8, 4) is 0 Å². The van der Waals surface area contributed by atoms with E-state index in [1.165, 1.54) is 109 Å². The molecule has 290 valence electrons. The van der Waals surface area contributed by atoms with Crippen LogP contribution in [-0.2, 0) is 37.5 Å². The highest BCUT2D eigenvalue weighted by Gasteiger charge is 2.28. The van der Waals surface area contributed by atoms with E-state index < -0.39 is 51.1 Å². The number of hydrogen-bond acceptors (Lipinski definition) is 9. The van der Waals surface area contributed by atoms with E-state index in [2.05, 4.69) is 18.4 Å². The van der Waals surface area contributed by atoms with Crippen LogP contribution in [-0.4, -0.2) is 59.9 Å². The first-order valence-electron chi connectivity index (χ1n) is 19.6. The normalized spacial score (nSPS) is 13.9. The van der Waals surface area contributed by atoms with Crippen LogP contribution in [0.25, 0.3) is 0 Å². The molecule has 0 spiro atoms. The fourth-order valence-electron chi connectivity index (χ4n) is 5.48. The number of esters is 2. The molecule has 1 unspecified atom stereocenters. The standard InChI is InChI=1S/C37H72NO10P/c1-3-5-7-9-11-13-15-16-17-19-21-23-25-27-29-36(40)48-33(31-46-49(43,44)47-32-34(38)37(41)42)30-45-35(39)28-26-24-22-20-18-14-12-10-8-6-4-2/h33-34H,3-32,38H2,1-2H3,(H,41,42)(H,43,44)/t33-,34+/m1/s1. The Morgan fingerprint density at radius 2 is 0.898 bits per heavy atom. The minimum Gasteiger partial charge on any atom is -0.480 e. The maximum atomic E-state index is 12.6. The van der Waals surface area contributed by atoms with E-state index in [-0.39, 0.29) is 19.4 Å². The summed E-state index contributed by atoms with van der Waals surface area (Å²) in [6.07, 6.45) is 28.8. The van der Waals surface area contributed by atoms with E-state index in [9.17, 15) is 23.8 Å². The highest BCUT2D eigenvalue weighted by Crippen LogP contribution is 2.43. The summed E-state index contributed by atoms with van der Waals surface area (Å²) in [5.74, 6) is -2.37. The maximum absolute atomic E-state index is 12.6. The molecule has 0 aromatic heterocycles. The molecule has 0 fully saturated rings. The number of hydrogen-bond donors (Lipinski definition) is 3. The first-order valence-corrected chi connectivity index (χ1v) is 21.1. The molecule has 0 bridgehead atoms. The third kappa shape index (κ3) is 33.4. The second kappa shape index (κ2) is 33.6. The predicted octanol–water partition coefficient (Wildman–Crippen LogP) is 9.56. The Bertz CT molecular complexity index is 859. The molecule has 12 heteroatoms. The van der Waals surface area contributed by atoms with Gasteiger partial charge in [-0.1, -0.05) is 162 Å². The maximum Gasteiger partial charge on any atom is 0.472 e. The van der Waals surface area contributed by atoms with Gasteiger partial charge < -0.3 is 25.2 Å². The third-order valence-corrected chi connectivity index (χ3v) is 9.56. The van der Waals surface area contributed by atoms with Crippen molar-refractivity contribution in [2.24, 2.45) is 5.73 Å².